The Morgan fingerprint density at radius 3 is 2.50 bits per heavy atom. The minimum atomic E-state index is -0.288. The van der Waals surface area contributed by atoms with Gasteiger partial charge in [0.15, 0.2) is 22.0 Å². The standard InChI is InChI=1S/C21H20N4O6S/c26-18(23-5-7-24(8-6-23)20(28)15-2-1-9-29-15)3-4-25-19(27)13-10-16-17(31-12-30-16)11-14(13)22-21(25)32/h1-2,9-11H,3-8,12H2,(H,22,32). The molecule has 4 heterocycles. The molecule has 0 radical (unpaired) electrons. The van der Waals surface area contributed by atoms with E-state index in [4.69, 9.17) is 26.1 Å². The monoisotopic (exact) mass is 456 g/mol. The highest BCUT2D eigenvalue weighted by atomic mass is 32.1. The summed E-state index contributed by atoms with van der Waals surface area (Å²) in [6, 6.07) is 6.60. The van der Waals surface area contributed by atoms with Crippen LogP contribution in [0.15, 0.2) is 39.7 Å². The highest BCUT2D eigenvalue weighted by Crippen LogP contribution is 2.34. The molecular formula is C21H20N4O6S. The summed E-state index contributed by atoms with van der Waals surface area (Å²) in [5.41, 5.74) is 0.271. The second kappa shape index (κ2) is 8.15. The third-order valence-corrected chi connectivity index (χ3v) is 6.00. The predicted molar refractivity (Wildman–Crippen MR) is 115 cm³/mol. The summed E-state index contributed by atoms with van der Waals surface area (Å²) >= 11 is 5.34. The van der Waals surface area contributed by atoms with Gasteiger partial charge in [0, 0.05) is 45.2 Å². The van der Waals surface area contributed by atoms with E-state index in [0.29, 0.717) is 48.6 Å². The normalized spacial score (nSPS) is 15.4. The second-order valence-electron chi connectivity index (χ2n) is 7.54. The zero-order valence-corrected chi connectivity index (χ0v) is 17.9. The van der Waals surface area contributed by atoms with Gasteiger partial charge in [0.25, 0.3) is 11.5 Å². The van der Waals surface area contributed by atoms with Crippen LogP contribution in [0.4, 0.5) is 0 Å². The number of rotatable bonds is 4. The first kappa shape index (κ1) is 20.3. The molecular weight excluding hydrogens is 436 g/mol. The number of nitrogens with one attached hydrogen (secondary N) is 1. The van der Waals surface area contributed by atoms with E-state index in [-0.39, 0.29) is 47.7 Å². The molecule has 2 amide bonds. The minimum Gasteiger partial charge on any atom is -0.459 e. The van der Waals surface area contributed by atoms with Crippen molar-refractivity contribution in [2.45, 2.75) is 13.0 Å². The molecule has 10 nitrogen and oxygen atoms in total. The summed E-state index contributed by atoms with van der Waals surface area (Å²) in [7, 11) is 0. The van der Waals surface area contributed by atoms with Gasteiger partial charge in [-0.15, -0.1) is 0 Å². The number of ether oxygens (including phenoxy) is 2. The smallest absolute Gasteiger partial charge is 0.289 e. The topological polar surface area (TPSA) is 110 Å². The number of fused-ring (bicyclic) bond motifs is 2. The van der Waals surface area contributed by atoms with Gasteiger partial charge in [-0.3, -0.25) is 19.0 Å². The van der Waals surface area contributed by atoms with Crippen molar-refractivity contribution < 1.29 is 23.5 Å². The minimum absolute atomic E-state index is 0.0952. The second-order valence-corrected chi connectivity index (χ2v) is 7.92. The molecule has 11 heteroatoms. The number of furan rings is 1. The molecule has 0 unspecified atom stereocenters. The van der Waals surface area contributed by atoms with Crippen LogP contribution in [0.3, 0.4) is 0 Å². The van der Waals surface area contributed by atoms with Crippen LogP contribution in [0, 0.1) is 4.77 Å². The Labute approximate surface area is 186 Å². The zero-order chi connectivity index (χ0) is 22.2. The number of carbonyl (C=O) groups is 2. The summed E-state index contributed by atoms with van der Waals surface area (Å²) in [5, 5.41) is 0.417. The number of aromatic nitrogens is 2. The number of amides is 2. The number of H-pyrrole nitrogens is 1. The van der Waals surface area contributed by atoms with Crippen LogP contribution < -0.4 is 15.0 Å². The maximum absolute atomic E-state index is 13.0. The third-order valence-electron chi connectivity index (χ3n) is 5.68. The summed E-state index contributed by atoms with van der Waals surface area (Å²) in [6.07, 6.45) is 1.58. The fourth-order valence-electron chi connectivity index (χ4n) is 3.93. The summed E-state index contributed by atoms with van der Waals surface area (Å²) in [4.78, 5) is 44.4. The maximum Gasteiger partial charge on any atom is 0.289 e. The van der Waals surface area contributed by atoms with Crippen LogP contribution in [0.2, 0.25) is 0 Å². The number of aromatic amines is 1. The van der Waals surface area contributed by atoms with Crippen molar-refractivity contribution in [3.05, 3.63) is 51.4 Å². The van der Waals surface area contributed by atoms with Crippen molar-refractivity contribution in [3.63, 3.8) is 0 Å². The molecule has 2 aliphatic heterocycles. The van der Waals surface area contributed by atoms with E-state index >= 15 is 0 Å². The lowest BCUT2D eigenvalue weighted by atomic mass is 10.2. The fraction of sp³-hybridized carbons (Fsp3) is 0.333. The Balaban J connectivity index is 1.24. The molecule has 0 saturated carbocycles. The van der Waals surface area contributed by atoms with E-state index < -0.39 is 0 Å². The number of carbonyl (C=O) groups excluding carboxylic acids is 2. The first-order chi connectivity index (χ1) is 15.5. The van der Waals surface area contributed by atoms with E-state index in [1.165, 1.54) is 10.8 Å². The number of hydrogen-bond acceptors (Lipinski definition) is 7. The number of hydrogen-bond donors (Lipinski definition) is 1. The molecule has 2 aromatic heterocycles. The lowest BCUT2D eigenvalue weighted by Crippen LogP contribution is -2.50. The Morgan fingerprint density at radius 2 is 1.78 bits per heavy atom. The number of piperazine rings is 1. The molecule has 0 atom stereocenters. The van der Waals surface area contributed by atoms with E-state index in [2.05, 4.69) is 4.98 Å². The van der Waals surface area contributed by atoms with Crippen LogP contribution in [0.25, 0.3) is 10.9 Å². The quantitative estimate of drug-likeness (QED) is 0.596. The van der Waals surface area contributed by atoms with Crippen molar-refractivity contribution in [1.29, 1.82) is 0 Å². The largest absolute Gasteiger partial charge is 0.459 e. The molecule has 3 aromatic rings. The highest BCUT2D eigenvalue weighted by Gasteiger charge is 2.26. The van der Waals surface area contributed by atoms with Gasteiger partial charge in [-0.25, -0.2) is 0 Å². The molecule has 1 N–H and O–H groups in total. The Morgan fingerprint density at radius 1 is 1.06 bits per heavy atom. The Hall–Kier alpha value is -3.60. The van der Waals surface area contributed by atoms with Crippen LogP contribution in [-0.4, -0.2) is 64.1 Å². The average Bonchev–Trinajstić information content (AvgIpc) is 3.49. The van der Waals surface area contributed by atoms with Gasteiger partial charge in [0.05, 0.1) is 17.2 Å². The van der Waals surface area contributed by atoms with Crippen LogP contribution in [-0.2, 0) is 11.3 Å². The van der Waals surface area contributed by atoms with Gasteiger partial charge in [-0.1, -0.05) is 0 Å². The first-order valence-corrected chi connectivity index (χ1v) is 10.6. The zero-order valence-electron chi connectivity index (χ0n) is 17.0. The first-order valence-electron chi connectivity index (χ1n) is 10.2. The molecule has 5 rings (SSSR count). The van der Waals surface area contributed by atoms with E-state index in [1.54, 1.807) is 34.1 Å². The molecule has 2 aliphatic rings. The van der Waals surface area contributed by atoms with Crippen molar-refractivity contribution >= 4 is 34.9 Å². The molecule has 1 fully saturated rings. The van der Waals surface area contributed by atoms with Crippen molar-refractivity contribution in [2.24, 2.45) is 0 Å². The van der Waals surface area contributed by atoms with Crippen molar-refractivity contribution in [3.8, 4) is 11.5 Å². The van der Waals surface area contributed by atoms with Gasteiger partial charge >= 0.3 is 0 Å². The SMILES string of the molecule is O=C(CCn1c(=S)[nH]c2cc3c(cc2c1=O)OCO3)N1CCN(C(=O)c2ccco2)CC1. The molecule has 0 bridgehead atoms. The molecule has 32 heavy (non-hydrogen) atoms. The predicted octanol–water partition coefficient (Wildman–Crippen LogP) is 1.76. The average molecular weight is 456 g/mol. The van der Waals surface area contributed by atoms with Gasteiger partial charge in [0.1, 0.15) is 0 Å². The van der Waals surface area contributed by atoms with Crippen LogP contribution >= 0.6 is 12.2 Å². The molecule has 1 saturated heterocycles. The number of nitrogens with zero attached hydrogens (tertiary/aromatic N) is 3. The van der Waals surface area contributed by atoms with Crippen LogP contribution in [0.5, 0.6) is 11.5 Å². The van der Waals surface area contributed by atoms with E-state index in [0.717, 1.165) is 0 Å². The maximum atomic E-state index is 13.0. The number of benzene rings is 1. The van der Waals surface area contributed by atoms with E-state index in [1.807, 2.05) is 0 Å². The fourth-order valence-corrected chi connectivity index (χ4v) is 4.21. The highest BCUT2D eigenvalue weighted by molar-refractivity contribution is 7.71. The van der Waals surface area contributed by atoms with Gasteiger partial charge in [-0.2, -0.15) is 0 Å². The Bertz CT molecular complexity index is 1300. The Kier molecular flexibility index (Phi) is 5.17. The van der Waals surface area contributed by atoms with Gasteiger partial charge in [-0.05, 0) is 30.4 Å². The van der Waals surface area contributed by atoms with Crippen molar-refractivity contribution in [2.75, 3.05) is 33.0 Å². The molecule has 0 aliphatic carbocycles. The molecule has 0 spiro atoms. The van der Waals surface area contributed by atoms with Crippen LogP contribution in [0.1, 0.15) is 17.0 Å². The third kappa shape index (κ3) is 3.64. The van der Waals surface area contributed by atoms with Gasteiger partial charge in [0.2, 0.25) is 12.7 Å². The molecule has 166 valence electrons. The summed E-state index contributed by atoms with van der Waals surface area (Å²) in [5.74, 6) is 1.07. The summed E-state index contributed by atoms with van der Waals surface area (Å²) < 4.78 is 17.5. The lowest BCUT2D eigenvalue weighted by molar-refractivity contribution is -0.132. The van der Waals surface area contributed by atoms with Crippen molar-refractivity contribution in [1.82, 2.24) is 19.4 Å². The lowest BCUT2D eigenvalue weighted by Gasteiger charge is -2.34. The van der Waals surface area contributed by atoms with Gasteiger partial charge < -0.3 is 28.7 Å². The van der Waals surface area contributed by atoms with E-state index in [9.17, 15) is 14.4 Å². The summed E-state index contributed by atoms with van der Waals surface area (Å²) in [6.45, 7) is 1.96. The molecule has 1 aromatic carbocycles.